The Labute approximate surface area is 191 Å². The number of hydrogen-bond acceptors (Lipinski definition) is 5. The summed E-state index contributed by atoms with van der Waals surface area (Å²) in [7, 11) is 1.54. The number of ether oxygens (including phenoxy) is 1. The van der Waals surface area contributed by atoms with Crippen LogP contribution in [0.15, 0.2) is 47.5 Å². The molecule has 0 radical (unpaired) electrons. The van der Waals surface area contributed by atoms with Crippen LogP contribution in [0.25, 0.3) is 0 Å². The topological polar surface area (TPSA) is 88.2 Å². The average Bonchev–Trinajstić information content (AvgIpc) is 3.56. The highest BCUT2D eigenvalue weighted by atomic mass is 19.3. The van der Waals surface area contributed by atoms with Gasteiger partial charge in [0.1, 0.15) is 11.4 Å². The van der Waals surface area contributed by atoms with E-state index in [1.54, 1.807) is 50.2 Å². The lowest BCUT2D eigenvalue weighted by molar-refractivity contribution is -0.129. The smallest absolute Gasteiger partial charge is 0.387 e. The van der Waals surface area contributed by atoms with Gasteiger partial charge in [-0.1, -0.05) is 30.0 Å². The zero-order valence-corrected chi connectivity index (χ0v) is 18.6. The third-order valence-corrected chi connectivity index (χ3v) is 5.69. The van der Waals surface area contributed by atoms with E-state index < -0.39 is 17.8 Å². The van der Waals surface area contributed by atoms with E-state index in [1.165, 1.54) is 18.0 Å². The second kappa shape index (κ2) is 8.16. The van der Waals surface area contributed by atoms with Gasteiger partial charge in [0.25, 0.3) is 5.91 Å². The van der Waals surface area contributed by atoms with Crippen LogP contribution in [0.3, 0.4) is 0 Å². The molecule has 1 unspecified atom stereocenters. The summed E-state index contributed by atoms with van der Waals surface area (Å²) in [4.78, 5) is 19.4. The lowest BCUT2D eigenvalue weighted by atomic mass is 9.81. The monoisotopic (exact) mass is 453 g/mol. The minimum atomic E-state index is -2.94. The molecule has 2 aromatic carbocycles. The van der Waals surface area contributed by atoms with E-state index in [4.69, 9.17) is 10.5 Å². The Balaban J connectivity index is 1.89. The average molecular weight is 453 g/mol. The first-order valence-electron chi connectivity index (χ1n) is 10.6. The standard InChI is InChI=1S/C25H25F2N3O3/c1-24(2,32)12-11-15-5-4-6-17(13-15)25(21(31)30(3)23(28)29-25)18-9-10-20(33-22(26)27)19(14-18)16-7-8-16/h4-6,9-10,13-14,16,22,32H,7-8H2,1-3H3,(H2,28,29). The zero-order chi connectivity index (χ0) is 24.0. The van der Waals surface area contributed by atoms with Gasteiger partial charge >= 0.3 is 6.61 Å². The molecule has 1 saturated carbocycles. The van der Waals surface area contributed by atoms with Gasteiger partial charge < -0.3 is 15.6 Å². The van der Waals surface area contributed by atoms with Gasteiger partial charge in [-0.25, -0.2) is 4.99 Å². The largest absolute Gasteiger partial charge is 0.435 e. The Morgan fingerprint density at radius 2 is 1.94 bits per heavy atom. The predicted molar refractivity (Wildman–Crippen MR) is 120 cm³/mol. The van der Waals surface area contributed by atoms with Crippen LogP contribution in [0.1, 0.15) is 54.9 Å². The van der Waals surface area contributed by atoms with Crippen molar-refractivity contribution in [2.45, 2.75) is 50.4 Å². The molecule has 8 heteroatoms. The summed E-state index contributed by atoms with van der Waals surface area (Å²) in [5, 5.41) is 9.94. The first-order chi connectivity index (χ1) is 15.5. The fraction of sp³-hybridized carbons (Fsp3) is 0.360. The van der Waals surface area contributed by atoms with Gasteiger partial charge in [0, 0.05) is 12.6 Å². The number of aliphatic hydroxyl groups is 1. The Morgan fingerprint density at radius 1 is 1.24 bits per heavy atom. The van der Waals surface area contributed by atoms with Crippen LogP contribution in [0.5, 0.6) is 5.75 Å². The van der Waals surface area contributed by atoms with E-state index in [1.807, 2.05) is 0 Å². The maximum atomic E-state index is 13.5. The second-order valence-electron chi connectivity index (χ2n) is 8.84. The third-order valence-electron chi connectivity index (χ3n) is 5.69. The van der Waals surface area contributed by atoms with E-state index in [0.717, 1.165) is 12.8 Å². The predicted octanol–water partition coefficient (Wildman–Crippen LogP) is 3.32. The van der Waals surface area contributed by atoms with Crippen molar-refractivity contribution in [2.75, 3.05) is 7.05 Å². The van der Waals surface area contributed by atoms with Gasteiger partial charge in [-0.05, 0) is 73.6 Å². The van der Waals surface area contributed by atoms with Crippen LogP contribution < -0.4 is 10.5 Å². The molecule has 0 aromatic heterocycles. The normalized spacial score (nSPS) is 20.5. The molecule has 0 bridgehead atoms. The lowest BCUT2D eigenvalue weighted by Crippen LogP contribution is -2.41. The number of rotatable bonds is 5. The minimum absolute atomic E-state index is 0.0499. The highest BCUT2D eigenvalue weighted by molar-refractivity contribution is 6.09. The molecule has 4 rings (SSSR count). The maximum Gasteiger partial charge on any atom is 0.387 e. The molecule has 1 aliphatic heterocycles. The summed E-state index contributed by atoms with van der Waals surface area (Å²) in [6.07, 6.45) is 1.72. The molecule has 1 fully saturated rings. The van der Waals surface area contributed by atoms with Gasteiger partial charge in [-0.3, -0.25) is 9.69 Å². The highest BCUT2D eigenvalue weighted by Crippen LogP contribution is 2.48. The van der Waals surface area contributed by atoms with Gasteiger partial charge in [-0.15, -0.1) is 0 Å². The number of nitrogens with zero attached hydrogens (tertiary/aromatic N) is 2. The van der Waals surface area contributed by atoms with Crippen molar-refractivity contribution in [1.82, 2.24) is 4.90 Å². The van der Waals surface area contributed by atoms with Crippen molar-refractivity contribution in [3.8, 4) is 17.6 Å². The summed E-state index contributed by atoms with van der Waals surface area (Å²) in [5.41, 5.74) is 5.64. The van der Waals surface area contributed by atoms with E-state index in [2.05, 4.69) is 16.8 Å². The van der Waals surface area contributed by atoms with Crippen molar-refractivity contribution in [3.05, 3.63) is 64.7 Å². The quantitative estimate of drug-likeness (QED) is 0.680. The van der Waals surface area contributed by atoms with Crippen molar-refractivity contribution < 1.29 is 23.4 Å². The Bertz CT molecular complexity index is 1190. The SMILES string of the molecule is CN1C(=O)C(c2cccc(C#CC(C)(C)O)c2)(c2ccc(OC(F)F)c(C3CC3)c2)N=C1N. The number of carbonyl (C=O) groups is 1. The lowest BCUT2D eigenvalue weighted by Gasteiger charge is -2.27. The number of likely N-dealkylation sites (N-methyl/N-ethyl adjacent to an activating group) is 1. The van der Waals surface area contributed by atoms with E-state index in [-0.39, 0.29) is 23.5 Å². The van der Waals surface area contributed by atoms with Crippen LogP contribution in [0.4, 0.5) is 8.78 Å². The Kier molecular flexibility index (Phi) is 5.62. The molecule has 1 atom stereocenters. The molecule has 6 nitrogen and oxygen atoms in total. The zero-order valence-electron chi connectivity index (χ0n) is 18.6. The summed E-state index contributed by atoms with van der Waals surface area (Å²) >= 11 is 0. The van der Waals surface area contributed by atoms with Gasteiger partial charge in [0.05, 0.1) is 0 Å². The maximum absolute atomic E-state index is 13.5. The van der Waals surface area contributed by atoms with E-state index in [9.17, 15) is 18.7 Å². The van der Waals surface area contributed by atoms with E-state index in [0.29, 0.717) is 22.3 Å². The number of amides is 1. The molecular weight excluding hydrogens is 428 g/mol. The summed E-state index contributed by atoms with van der Waals surface area (Å²) in [6, 6.07) is 11.8. The van der Waals surface area contributed by atoms with E-state index >= 15 is 0 Å². The Morgan fingerprint density at radius 3 is 2.52 bits per heavy atom. The first kappa shape index (κ1) is 22.7. The molecule has 0 spiro atoms. The molecule has 1 aliphatic carbocycles. The van der Waals surface area contributed by atoms with Crippen LogP contribution in [0.2, 0.25) is 0 Å². The molecule has 1 heterocycles. The number of hydrogen-bond donors (Lipinski definition) is 2. The molecule has 172 valence electrons. The third kappa shape index (κ3) is 4.41. The first-order valence-corrected chi connectivity index (χ1v) is 10.6. The summed E-state index contributed by atoms with van der Waals surface area (Å²) in [6.45, 7) is 0.212. The van der Waals surface area contributed by atoms with Gasteiger partial charge in [0.15, 0.2) is 11.5 Å². The second-order valence-corrected chi connectivity index (χ2v) is 8.84. The molecular formula is C25H25F2N3O3. The van der Waals surface area contributed by atoms with Crippen molar-refractivity contribution in [2.24, 2.45) is 10.7 Å². The summed E-state index contributed by atoms with van der Waals surface area (Å²) < 4.78 is 30.6. The van der Waals surface area contributed by atoms with Crippen molar-refractivity contribution in [3.63, 3.8) is 0 Å². The van der Waals surface area contributed by atoms with Crippen LogP contribution >= 0.6 is 0 Å². The number of halogens is 2. The van der Waals surface area contributed by atoms with Crippen molar-refractivity contribution >= 4 is 11.9 Å². The molecule has 0 saturated heterocycles. The number of benzene rings is 2. The number of alkyl halides is 2. The highest BCUT2D eigenvalue weighted by Gasteiger charge is 2.50. The number of guanidine groups is 1. The Hall–Kier alpha value is -3.44. The van der Waals surface area contributed by atoms with Crippen LogP contribution in [-0.2, 0) is 10.3 Å². The number of nitrogens with two attached hydrogens (primary N) is 1. The fourth-order valence-electron chi connectivity index (χ4n) is 3.92. The summed E-state index contributed by atoms with van der Waals surface area (Å²) in [5.74, 6) is 5.56. The van der Waals surface area contributed by atoms with Crippen molar-refractivity contribution in [1.29, 1.82) is 0 Å². The molecule has 3 N–H and O–H groups in total. The fourth-order valence-corrected chi connectivity index (χ4v) is 3.92. The number of carbonyl (C=O) groups excluding carboxylic acids is 1. The molecule has 1 amide bonds. The minimum Gasteiger partial charge on any atom is -0.435 e. The van der Waals surface area contributed by atoms with Gasteiger partial charge in [0.2, 0.25) is 0 Å². The van der Waals surface area contributed by atoms with Crippen LogP contribution in [0, 0.1) is 11.8 Å². The number of aliphatic imine (C=N–C) groups is 1. The molecule has 2 aliphatic rings. The van der Waals surface area contributed by atoms with Gasteiger partial charge in [-0.2, -0.15) is 8.78 Å². The van der Waals surface area contributed by atoms with Crippen LogP contribution in [-0.4, -0.2) is 41.1 Å². The molecule has 2 aromatic rings. The molecule has 33 heavy (non-hydrogen) atoms.